The van der Waals surface area contributed by atoms with Crippen LogP contribution in [0.5, 0.6) is 0 Å². The lowest BCUT2D eigenvalue weighted by atomic mass is 9.96. The summed E-state index contributed by atoms with van der Waals surface area (Å²) in [5.41, 5.74) is -1.95. The van der Waals surface area contributed by atoms with E-state index in [0.29, 0.717) is 5.01 Å². The molecule has 1 aromatic rings. The first kappa shape index (κ1) is 24.8. The van der Waals surface area contributed by atoms with Gasteiger partial charge in [0.1, 0.15) is 22.9 Å². The van der Waals surface area contributed by atoms with Gasteiger partial charge in [0, 0.05) is 24.9 Å². The Bertz CT molecular complexity index is 1150. The van der Waals surface area contributed by atoms with Crippen molar-refractivity contribution >= 4 is 17.5 Å². The van der Waals surface area contributed by atoms with Gasteiger partial charge in [0.25, 0.3) is 17.7 Å². The van der Waals surface area contributed by atoms with Crippen molar-refractivity contribution in [2.75, 3.05) is 18.4 Å². The first-order chi connectivity index (χ1) is 16.2. The highest BCUT2D eigenvalue weighted by atomic mass is 19.4. The molecule has 1 fully saturated rings. The van der Waals surface area contributed by atoms with Crippen molar-refractivity contribution in [3.8, 4) is 0 Å². The minimum atomic E-state index is -5.01. The molecule has 3 atom stereocenters. The second-order valence-electron chi connectivity index (χ2n) is 8.37. The Morgan fingerprint density at radius 3 is 2.69 bits per heavy atom. The summed E-state index contributed by atoms with van der Waals surface area (Å²) in [7, 11) is 0. The minimum absolute atomic E-state index is 0.225. The number of hydrogen-bond acceptors (Lipinski definition) is 5. The number of halogens is 7. The summed E-state index contributed by atoms with van der Waals surface area (Å²) in [6, 6.07) is -0.766. The zero-order valence-corrected chi connectivity index (χ0v) is 17.9. The number of allylic oxidation sites excluding steroid dienone is 3. The highest BCUT2D eigenvalue weighted by molar-refractivity contribution is 6.23. The summed E-state index contributed by atoms with van der Waals surface area (Å²) in [5, 5.41) is 13.7. The van der Waals surface area contributed by atoms with Crippen molar-refractivity contribution < 1.29 is 49.8 Å². The molecule has 4 rings (SSSR count). The predicted octanol–water partition coefficient (Wildman–Crippen LogP) is 4.20. The number of carbonyl (C=O) groups excluding carboxylic acids is 2. The number of amides is 2. The molecular weight excluding hydrogens is 491 g/mol. The van der Waals surface area contributed by atoms with E-state index in [1.165, 1.54) is 19.1 Å². The first-order valence-electron chi connectivity index (χ1n) is 10.3. The van der Waals surface area contributed by atoms with Crippen LogP contribution in [0, 0.1) is 12.8 Å². The van der Waals surface area contributed by atoms with Crippen LogP contribution in [-0.2, 0) is 15.8 Å². The van der Waals surface area contributed by atoms with Crippen LogP contribution in [0.15, 0.2) is 45.9 Å². The number of aryl methyl sites for hydroxylation is 1. The topological polar surface area (TPSA) is 86.0 Å². The number of nitrogens with zero attached hydrogens (tertiary/aromatic N) is 2. The van der Waals surface area contributed by atoms with Crippen molar-refractivity contribution in [3.05, 3.63) is 53.0 Å². The van der Waals surface area contributed by atoms with E-state index in [9.17, 15) is 45.4 Å². The van der Waals surface area contributed by atoms with Crippen LogP contribution in [0.2, 0.25) is 0 Å². The second-order valence-corrected chi connectivity index (χ2v) is 8.37. The normalized spacial score (nSPS) is 26.7. The molecule has 0 aromatic carbocycles. The van der Waals surface area contributed by atoms with Crippen molar-refractivity contribution in [1.82, 2.24) is 10.0 Å². The molecule has 1 aliphatic carbocycles. The average Bonchev–Trinajstić information content (AvgIpc) is 3.27. The highest BCUT2D eigenvalue weighted by Gasteiger charge is 2.55. The van der Waals surface area contributed by atoms with E-state index < -0.39 is 90.2 Å². The monoisotopic (exact) mass is 509 g/mol. The van der Waals surface area contributed by atoms with Crippen molar-refractivity contribution in [2.45, 2.75) is 37.7 Å². The second kappa shape index (κ2) is 8.43. The fraction of sp³-hybridized carbons (Fsp3) is 0.429. The molecule has 3 unspecified atom stereocenters. The number of aliphatic hydroxyl groups excluding tert-OH is 1. The number of hydrogen-bond donors (Lipinski definition) is 2. The lowest BCUT2D eigenvalue weighted by Crippen LogP contribution is -2.57. The number of furan rings is 1. The van der Waals surface area contributed by atoms with Crippen molar-refractivity contribution in [1.29, 1.82) is 0 Å². The fourth-order valence-electron chi connectivity index (χ4n) is 4.25. The van der Waals surface area contributed by atoms with Crippen molar-refractivity contribution in [2.24, 2.45) is 5.92 Å². The van der Waals surface area contributed by atoms with Gasteiger partial charge in [-0.25, -0.2) is 22.6 Å². The Balaban J connectivity index is 1.68. The summed E-state index contributed by atoms with van der Waals surface area (Å²) in [5.74, 6) is -11.6. The minimum Gasteiger partial charge on any atom is -0.510 e. The predicted molar refractivity (Wildman–Crippen MR) is 105 cm³/mol. The van der Waals surface area contributed by atoms with Gasteiger partial charge in [-0.3, -0.25) is 14.6 Å². The van der Waals surface area contributed by atoms with Crippen LogP contribution in [0.4, 0.5) is 36.4 Å². The van der Waals surface area contributed by atoms with Gasteiger partial charge >= 0.3 is 6.18 Å². The molecule has 2 aliphatic heterocycles. The third-order valence-corrected chi connectivity index (χ3v) is 5.80. The quantitative estimate of drug-likeness (QED) is 0.470. The highest BCUT2D eigenvalue weighted by Crippen LogP contribution is 2.41. The van der Waals surface area contributed by atoms with Gasteiger partial charge < -0.3 is 14.8 Å². The maximum absolute atomic E-state index is 14.3. The lowest BCUT2D eigenvalue weighted by molar-refractivity contribution is -0.154. The molecule has 3 aliphatic rings. The SMILES string of the molecule is Cc1cc(NC(=O)C2=C(O)C3CC(F)(F)CN3N(CC3C=CC=C(F)C3F)C2=O)c(C(F)(F)F)o1. The van der Waals surface area contributed by atoms with Crippen LogP contribution in [0.1, 0.15) is 17.9 Å². The summed E-state index contributed by atoms with van der Waals surface area (Å²) in [6.07, 6.45) is -5.02. The molecule has 3 heterocycles. The van der Waals surface area contributed by atoms with Crippen LogP contribution < -0.4 is 5.32 Å². The molecule has 0 radical (unpaired) electrons. The Morgan fingerprint density at radius 1 is 1.34 bits per heavy atom. The third kappa shape index (κ3) is 4.54. The number of hydrazine groups is 1. The van der Waals surface area contributed by atoms with E-state index in [2.05, 4.69) is 4.42 Å². The van der Waals surface area contributed by atoms with Gasteiger partial charge in [0.2, 0.25) is 5.76 Å². The molecule has 7 nitrogen and oxygen atoms in total. The standard InChI is InChI=1S/C21H18F7N3O4/c1-9-5-12(17(35-9)21(26,27)28)29-18(33)14-16(32)13-6-20(24,25)8-31(13)30(19(14)34)7-10-3-2-4-11(22)15(10)23/h2-5,10,13,15,32H,6-8H2,1H3,(H,29,33). The zero-order valence-electron chi connectivity index (χ0n) is 17.9. The third-order valence-electron chi connectivity index (χ3n) is 5.80. The first-order valence-corrected chi connectivity index (χ1v) is 10.3. The van der Waals surface area contributed by atoms with Crippen LogP contribution in [0.25, 0.3) is 0 Å². The van der Waals surface area contributed by atoms with Gasteiger partial charge in [-0.1, -0.05) is 12.2 Å². The Morgan fingerprint density at radius 2 is 2.03 bits per heavy atom. The van der Waals surface area contributed by atoms with E-state index in [0.717, 1.165) is 17.2 Å². The molecular formula is C21H18F7N3O4. The maximum Gasteiger partial charge on any atom is 0.451 e. The van der Waals surface area contributed by atoms with E-state index in [1.54, 1.807) is 0 Å². The van der Waals surface area contributed by atoms with Crippen LogP contribution >= 0.6 is 0 Å². The van der Waals surface area contributed by atoms with Crippen LogP contribution in [0.3, 0.4) is 0 Å². The summed E-state index contributed by atoms with van der Waals surface area (Å²) >= 11 is 0. The van der Waals surface area contributed by atoms with Crippen LogP contribution in [-0.4, -0.2) is 58.2 Å². The largest absolute Gasteiger partial charge is 0.510 e. The molecule has 0 spiro atoms. The molecule has 0 bridgehead atoms. The zero-order chi connectivity index (χ0) is 25.9. The molecule has 190 valence electrons. The van der Waals surface area contributed by atoms with Gasteiger partial charge in [0.05, 0.1) is 18.3 Å². The smallest absolute Gasteiger partial charge is 0.451 e. The van der Waals surface area contributed by atoms with Crippen molar-refractivity contribution in [3.63, 3.8) is 0 Å². The molecule has 2 amide bonds. The van der Waals surface area contributed by atoms with Gasteiger partial charge in [-0.15, -0.1) is 0 Å². The fourth-order valence-corrected chi connectivity index (χ4v) is 4.25. The Kier molecular flexibility index (Phi) is 5.98. The van der Waals surface area contributed by atoms with Gasteiger partial charge in [-0.05, 0) is 13.0 Å². The summed E-state index contributed by atoms with van der Waals surface area (Å²) in [4.78, 5) is 26.0. The molecule has 2 N–H and O–H groups in total. The number of aliphatic hydroxyl groups is 1. The van der Waals surface area contributed by atoms with E-state index >= 15 is 0 Å². The number of carbonyl (C=O) groups is 2. The van der Waals surface area contributed by atoms with E-state index in [4.69, 9.17) is 0 Å². The summed E-state index contributed by atoms with van der Waals surface area (Å²) < 4.78 is 101. The molecule has 1 aromatic heterocycles. The number of alkyl halides is 6. The molecule has 0 saturated carbocycles. The van der Waals surface area contributed by atoms with Gasteiger partial charge in [-0.2, -0.15) is 13.2 Å². The van der Waals surface area contributed by atoms with E-state index in [-0.39, 0.29) is 5.76 Å². The molecule has 35 heavy (non-hydrogen) atoms. The maximum atomic E-state index is 14.3. The Hall–Kier alpha value is -3.29. The lowest BCUT2D eigenvalue weighted by Gasteiger charge is -2.41. The number of rotatable bonds is 4. The molecule has 14 heteroatoms. The number of nitrogens with one attached hydrogen (secondary N) is 1. The summed E-state index contributed by atoms with van der Waals surface area (Å²) in [6.45, 7) is -0.563. The Labute approximate surface area is 193 Å². The average molecular weight is 509 g/mol. The van der Waals surface area contributed by atoms with E-state index in [1.807, 2.05) is 5.32 Å². The number of fused-ring (bicyclic) bond motifs is 1. The van der Waals surface area contributed by atoms with Gasteiger partial charge in [0.15, 0.2) is 6.17 Å². The molecule has 1 saturated heterocycles. The number of anilines is 1.